The number of phenols is 1. The maximum absolute atomic E-state index is 11.5. The highest BCUT2D eigenvalue weighted by Crippen LogP contribution is 2.32. The topological polar surface area (TPSA) is 83.8 Å². The predicted octanol–water partition coefficient (Wildman–Crippen LogP) is 6.11. The molecule has 154 valence electrons. The molecular weight excluding hydrogens is 376 g/mol. The van der Waals surface area contributed by atoms with Crippen LogP contribution in [0.25, 0.3) is 0 Å². The molecule has 2 N–H and O–H groups in total. The summed E-state index contributed by atoms with van der Waals surface area (Å²) in [6.07, 6.45) is 11.0. The van der Waals surface area contributed by atoms with Crippen LogP contribution < -0.4 is 4.74 Å². The quantitative estimate of drug-likeness (QED) is 0.328. The summed E-state index contributed by atoms with van der Waals surface area (Å²) in [4.78, 5) is -0.457. The highest BCUT2D eigenvalue weighted by Gasteiger charge is 2.18. The number of hydrogen-bond acceptors (Lipinski definition) is 4. The van der Waals surface area contributed by atoms with Gasteiger partial charge in [-0.05, 0) is 42.7 Å². The monoisotopic (exact) mass is 406 g/mol. The van der Waals surface area contributed by atoms with Crippen LogP contribution in [-0.4, -0.2) is 18.1 Å². The predicted molar refractivity (Wildman–Crippen MR) is 111 cm³/mol. The Morgan fingerprint density at radius 2 is 1.57 bits per heavy atom. The summed E-state index contributed by atoms with van der Waals surface area (Å²) in [5.74, 6) is 0.209. The van der Waals surface area contributed by atoms with E-state index in [9.17, 15) is 18.1 Å². The molecule has 2 rings (SSSR count). The third-order valence-corrected chi connectivity index (χ3v) is 5.53. The van der Waals surface area contributed by atoms with Crippen molar-refractivity contribution >= 4 is 10.1 Å². The Hall–Kier alpha value is -2.05. The highest BCUT2D eigenvalue weighted by molar-refractivity contribution is 7.86. The molecule has 0 fully saturated rings. The second kappa shape index (κ2) is 11.1. The number of aromatic hydroxyl groups is 1. The zero-order valence-corrected chi connectivity index (χ0v) is 17.2. The maximum Gasteiger partial charge on any atom is 0.298 e. The molecule has 2 aromatic rings. The van der Waals surface area contributed by atoms with E-state index in [0.717, 1.165) is 24.5 Å². The molecule has 0 saturated heterocycles. The Morgan fingerprint density at radius 3 is 2.25 bits per heavy atom. The number of rotatable bonds is 12. The van der Waals surface area contributed by atoms with Gasteiger partial charge >= 0.3 is 0 Å². The minimum Gasteiger partial charge on any atom is -0.508 e. The van der Waals surface area contributed by atoms with Gasteiger partial charge in [0, 0.05) is 6.07 Å². The fraction of sp³-hybridized carbons (Fsp3) is 0.455. The first-order valence-electron chi connectivity index (χ1n) is 9.97. The minimum absolute atomic E-state index is 0.0236. The molecule has 0 spiro atoms. The normalized spacial score (nSPS) is 11.5. The molecule has 6 heteroatoms. The molecule has 0 unspecified atom stereocenters. The number of aryl methyl sites for hydroxylation is 1. The standard InChI is InChI=1S/C22H30O5S/c1-2-3-4-5-6-7-8-9-11-18-12-10-13-20(16-18)27-21-15-14-19(23)17-22(21)28(24,25)26/h10,12-17,23H,2-9,11H2,1H3,(H,24,25,26). The number of hydrogen-bond donors (Lipinski definition) is 2. The van der Waals surface area contributed by atoms with Crippen molar-refractivity contribution in [2.24, 2.45) is 0 Å². The van der Waals surface area contributed by atoms with Gasteiger partial charge in [0.05, 0.1) is 0 Å². The van der Waals surface area contributed by atoms with Crippen molar-refractivity contribution in [3.05, 3.63) is 48.0 Å². The van der Waals surface area contributed by atoms with Crippen LogP contribution in [0.5, 0.6) is 17.2 Å². The molecule has 28 heavy (non-hydrogen) atoms. The van der Waals surface area contributed by atoms with Crippen LogP contribution in [0.1, 0.15) is 63.9 Å². The average molecular weight is 407 g/mol. The van der Waals surface area contributed by atoms with Gasteiger partial charge in [0.2, 0.25) is 0 Å². The van der Waals surface area contributed by atoms with Crippen molar-refractivity contribution in [1.82, 2.24) is 0 Å². The number of phenolic OH excluding ortho intramolecular Hbond substituents is 1. The molecule has 0 atom stereocenters. The minimum atomic E-state index is -4.50. The van der Waals surface area contributed by atoms with Crippen molar-refractivity contribution in [1.29, 1.82) is 0 Å². The van der Waals surface area contributed by atoms with Gasteiger partial charge in [-0.15, -0.1) is 0 Å². The van der Waals surface area contributed by atoms with Crippen LogP contribution >= 0.6 is 0 Å². The maximum atomic E-state index is 11.5. The third kappa shape index (κ3) is 7.52. The van der Waals surface area contributed by atoms with E-state index in [-0.39, 0.29) is 11.5 Å². The molecule has 0 aliphatic heterocycles. The largest absolute Gasteiger partial charge is 0.508 e. The molecular formula is C22H30O5S. The van der Waals surface area contributed by atoms with E-state index in [1.807, 2.05) is 18.2 Å². The first kappa shape index (κ1) is 22.2. The zero-order chi connectivity index (χ0) is 20.4. The van der Waals surface area contributed by atoms with E-state index in [1.165, 1.54) is 57.1 Å². The Morgan fingerprint density at radius 1 is 0.893 bits per heavy atom. The molecule has 0 aliphatic carbocycles. The van der Waals surface area contributed by atoms with Crippen molar-refractivity contribution in [3.8, 4) is 17.2 Å². The summed E-state index contributed by atoms with van der Waals surface area (Å²) < 4.78 is 38.0. The van der Waals surface area contributed by atoms with Gasteiger partial charge in [-0.1, -0.05) is 64.0 Å². The van der Waals surface area contributed by atoms with E-state index in [4.69, 9.17) is 4.74 Å². The molecule has 0 aromatic heterocycles. The SMILES string of the molecule is CCCCCCCCCCc1cccc(Oc2ccc(O)cc2S(=O)(=O)O)c1. The second-order valence-corrected chi connectivity index (χ2v) is 8.47. The lowest BCUT2D eigenvalue weighted by atomic mass is 10.0. The molecule has 0 aliphatic rings. The zero-order valence-electron chi connectivity index (χ0n) is 16.4. The molecule has 0 saturated carbocycles. The Bertz CT molecular complexity index is 846. The Kier molecular flexibility index (Phi) is 8.80. The Balaban J connectivity index is 1.90. The van der Waals surface area contributed by atoms with Crippen LogP contribution in [-0.2, 0) is 16.5 Å². The smallest absolute Gasteiger partial charge is 0.298 e. The molecule has 2 aromatic carbocycles. The van der Waals surface area contributed by atoms with Gasteiger partial charge in [0.15, 0.2) is 0 Å². The van der Waals surface area contributed by atoms with E-state index < -0.39 is 15.0 Å². The lowest BCUT2D eigenvalue weighted by molar-refractivity contribution is 0.438. The number of ether oxygens (including phenoxy) is 1. The third-order valence-electron chi connectivity index (χ3n) is 4.65. The second-order valence-electron chi connectivity index (χ2n) is 7.08. The van der Waals surface area contributed by atoms with Crippen LogP contribution in [0.3, 0.4) is 0 Å². The molecule has 0 radical (unpaired) electrons. The van der Waals surface area contributed by atoms with Gasteiger partial charge in [-0.25, -0.2) is 0 Å². The lowest BCUT2D eigenvalue weighted by Crippen LogP contribution is -2.01. The van der Waals surface area contributed by atoms with Crippen molar-refractivity contribution < 1.29 is 22.8 Å². The fourth-order valence-electron chi connectivity index (χ4n) is 3.14. The summed E-state index contributed by atoms with van der Waals surface area (Å²) in [5, 5.41) is 9.48. The number of benzene rings is 2. The van der Waals surface area contributed by atoms with Crippen molar-refractivity contribution in [2.45, 2.75) is 69.6 Å². The van der Waals surface area contributed by atoms with Gasteiger partial charge in [-0.3, -0.25) is 4.55 Å². The van der Waals surface area contributed by atoms with Crippen LogP contribution in [0.4, 0.5) is 0 Å². The van der Waals surface area contributed by atoms with Gasteiger partial charge < -0.3 is 9.84 Å². The molecule has 0 heterocycles. The highest BCUT2D eigenvalue weighted by atomic mass is 32.2. The van der Waals surface area contributed by atoms with Crippen LogP contribution in [0.15, 0.2) is 47.4 Å². The first-order chi connectivity index (χ1) is 13.4. The van der Waals surface area contributed by atoms with E-state index in [0.29, 0.717) is 5.75 Å². The Labute approximate surface area is 168 Å². The average Bonchev–Trinajstić information content (AvgIpc) is 2.65. The molecule has 0 amide bonds. The lowest BCUT2D eigenvalue weighted by Gasteiger charge is -2.11. The summed E-state index contributed by atoms with van der Waals surface area (Å²) in [6, 6.07) is 11.1. The summed E-state index contributed by atoms with van der Waals surface area (Å²) in [5.41, 5.74) is 1.12. The molecule has 0 bridgehead atoms. The summed E-state index contributed by atoms with van der Waals surface area (Å²) in [6.45, 7) is 2.23. The van der Waals surface area contributed by atoms with Crippen molar-refractivity contribution in [2.75, 3.05) is 0 Å². The van der Waals surface area contributed by atoms with Crippen molar-refractivity contribution in [3.63, 3.8) is 0 Å². The van der Waals surface area contributed by atoms with E-state index in [1.54, 1.807) is 6.07 Å². The van der Waals surface area contributed by atoms with Gasteiger partial charge in [-0.2, -0.15) is 8.42 Å². The van der Waals surface area contributed by atoms with Crippen LogP contribution in [0, 0.1) is 0 Å². The molecule has 5 nitrogen and oxygen atoms in total. The van der Waals surface area contributed by atoms with E-state index in [2.05, 4.69) is 6.92 Å². The van der Waals surface area contributed by atoms with E-state index >= 15 is 0 Å². The fourth-order valence-corrected chi connectivity index (χ4v) is 3.77. The van der Waals surface area contributed by atoms with Gasteiger partial charge in [0.1, 0.15) is 22.1 Å². The summed E-state index contributed by atoms with van der Waals surface area (Å²) >= 11 is 0. The first-order valence-corrected chi connectivity index (χ1v) is 11.4. The number of unbranched alkanes of at least 4 members (excludes halogenated alkanes) is 7. The van der Waals surface area contributed by atoms with Crippen LogP contribution in [0.2, 0.25) is 0 Å². The summed E-state index contributed by atoms with van der Waals surface area (Å²) in [7, 11) is -4.50. The van der Waals surface area contributed by atoms with Gasteiger partial charge in [0.25, 0.3) is 10.1 Å².